The van der Waals surface area contributed by atoms with Crippen LogP contribution in [0.4, 0.5) is 13.6 Å². The first-order chi connectivity index (χ1) is 17.6. The number of piperidine rings is 2. The fourth-order valence-electron chi connectivity index (χ4n) is 7.34. The van der Waals surface area contributed by atoms with Crippen LogP contribution in [0.3, 0.4) is 0 Å². The Kier molecular flexibility index (Phi) is 7.64. The van der Waals surface area contributed by atoms with Crippen molar-refractivity contribution < 1.29 is 32.5 Å². The van der Waals surface area contributed by atoms with Gasteiger partial charge in [-0.2, -0.15) is 0 Å². The van der Waals surface area contributed by atoms with Crippen LogP contribution in [0, 0.1) is 11.3 Å². The summed E-state index contributed by atoms with van der Waals surface area (Å²) in [6.07, 6.45) is 5.23. The number of carbonyl (C=O) groups is 1. The fourth-order valence-corrected chi connectivity index (χ4v) is 7.34. The second-order valence-electron chi connectivity index (χ2n) is 12.5. The molecular weight excluding hydrogens is 482 g/mol. The van der Waals surface area contributed by atoms with Crippen LogP contribution >= 0.6 is 0 Å². The summed E-state index contributed by atoms with van der Waals surface area (Å²) in [7, 11) is 1.70. The fraction of sp³-hybridized carbons (Fsp3) is 0.893. The van der Waals surface area contributed by atoms with E-state index in [9.17, 15) is 13.6 Å². The highest BCUT2D eigenvalue weighted by atomic mass is 19.3. The minimum atomic E-state index is -2.28. The van der Waals surface area contributed by atoms with Crippen molar-refractivity contribution in [1.82, 2.24) is 9.80 Å². The molecule has 0 aromatic carbocycles. The number of hydrogen-bond acceptors (Lipinski definition) is 6. The first-order valence-corrected chi connectivity index (χ1v) is 14.0. The number of amides is 1. The minimum absolute atomic E-state index is 0.00941. The lowest BCUT2D eigenvalue weighted by Gasteiger charge is -2.47. The summed E-state index contributed by atoms with van der Waals surface area (Å²) in [5, 5.41) is 0. The Labute approximate surface area is 219 Å². The normalized spacial score (nSPS) is 39.2. The van der Waals surface area contributed by atoms with Gasteiger partial charge in [0.25, 0.3) is 6.43 Å². The SMILES string of the molecule is CO[C@@H]1[C@H](OC(=O)N2CCC3(CCN(CC(F)F)CC3)CC2)CC[C@]2(CO2)[C@H]1[C@@]1(C)O[C@@H]1CC=C(C)C. The third-order valence-electron chi connectivity index (χ3n) is 9.88. The third kappa shape index (κ3) is 5.56. The van der Waals surface area contributed by atoms with Crippen molar-refractivity contribution in [2.75, 3.05) is 46.4 Å². The number of alkyl halides is 2. The van der Waals surface area contributed by atoms with Crippen molar-refractivity contribution in [3.8, 4) is 0 Å². The van der Waals surface area contributed by atoms with Crippen molar-refractivity contribution >= 4 is 6.09 Å². The summed E-state index contributed by atoms with van der Waals surface area (Å²) in [5.74, 6) is 0.00941. The lowest BCUT2D eigenvalue weighted by atomic mass is 9.68. The molecule has 1 aliphatic carbocycles. The minimum Gasteiger partial charge on any atom is -0.443 e. The Morgan fingerprint density at radius 2 is 1.76 bits per heavy atom. The number of nitrogens with zero attached hydrogens (tertiary/aromatic N) is 2. The van der Waals surface area contributed by atoms with Gasteiger partial charge in [0.1, 0.15) is 23.4 Å². The molecule has 4 heterocycles. The molecule has 6 atom stereocenters. The quantitative estimate of drug-likeness (QED) is 0.356. The molecule has 4 aliphatic heterocycles. The van der Waals surface area contributed by atoms with Crippen LogP contribution < -0.4 is 0 Å². The summed E-state index contributed by atoms with van der Waals surface area (Å²) >= 11 is 0. The molecule has 0 aromatic heterocycles. The van der Waals surface area contributed by atoms with Gasteiger partial charge >= 0.3 is 6.09 Å². The Hall–Kier alpha value is -1.29. The molecule has 0 bridgehead atoms. The summed E-state index contributed by atoms with van der Waals surface area (Å²) in [4.78, 5) is 16.9. The lowest BCUT2D eigenvalue weighted by Crippen LogP contribution is -2.56. The van der Waals surface area contributed by atoms with E-state index >= 15 is 0 Å². The van der Waals surface area contributed by atoms with Crippen LogP contribution in [0.5, 0.6) is 0 Å². The highest BCUT2D eigenvalue weighted by molar-refractivity contribution is 5.68. The smallest absolute Gasteiger partial charge is 0.410 e. The first kappa shape index (κ1) is 27.3. The topological polar surface area (TPSA) is 67.1 Å². The van der Waals surface area contributed by atoms with Gasteiger partial charge in [0, 0.05) is 20.2 Å². The van der Waals surface area contributed by atoms with E-state index in [1.807, 2.05) is 9.80 Å². The van der Waals surface area contributed by atoms with E-state index in [2.05, 4.69) is 26.8 Å². The monoisotopic (exact) mass is 526 g/mol. The summed E-state index contributed by atoms with van der Waals surface area (Å²) < 4.78 is 49.9. The summed E-state index contributed by atoms with van der Waals surface area (Å²) in [6, 6.07) is 0. The Morgan fingerprint density at radius 3 is 2.32 bits per heavy atom. The lowest BCUT2D eigenvalue weighted by molar-refractivity contribution is -0.123. The zero-order valence-corrected chi connectivity index (χ0v) is 22.8. The van der Waals surface area contributed by atoms with Crippen molar-refractivity contribution in [2.45, 2.75) is 102 Å². The molecule has 7 nitrogen and oxygen atoms in total. The van der Waals surface area contributed by atoms with E-state index in [0.717, 1.165) is 38.5 Å². The number of methoxy groups -OCH3 is 1. The van der Waals surface area contributed by atoms with Gasteiger partial charge in [0.15, 0.2) is 0 Å². The van der Waals surface area contributed by atoms with Crippen LogP contribution in [-0.2, 0) is 18.9 Å². The number of epoxide rings is 2. The average Bonchev–Trinajstić information content (AvgIpc) is 3.77. The van der Waals surface area contributed by atoms with Gasteiger partial charge in [-0.1, -0.05) is 11.6 Å². The van der Waals surface area contributed by atoms with E-state index in [4.69, 9.17) is 18.9 Å². The molecule has 1 saturated carbocycles. The maximum Gasteiger partial charge on any atom is 0.410 e. The number of rotatable bonds is 7. The van der Waals surface area contributed by atoms with Crippen LogP contribution in [0.15, 0.2) is 11.6 Å². The standard InChI is InChI=1S/C28H44F2N2O5/c1-19(2)5-6-21-26(3,37-21)24-23(34-4)20(7-8-28(24)18-35-28)36-25(33)32-15-11-27(12-16-32)9-13-31(14-10-27)17-22(29)30/h5,20-24H,6-18H2,1-4H3/t20-,21-,23-,24-,26+,28+/m1/s1. The number of hydrogen-bond donors (Lipinski definition) is 0. The molecule has 0 aromatic rings. The van der Waals surface area contributed by atoms with Gasteiger partial charge in [-0.15, -0.1) is 0 Å². The van der Waals surface area contributed by atoms with Crippen molar-refractivity contribution in [3.05, 3.63) is 11.6 Å². The predicted octanol–water partition coefficient (Wildman–Crippen LogP) is 4.64. The molecule has 1 amide bonds. The number of carbonyl (C=O) groups excluding carboxylic acids is 1. The van der Waals surface area contributed by atoms with Crippen LogP contribution in [0.2, 0.25) is 0 Å². The van der Waals surface area contributed by atoms with Crippen LogP contribution in [0.25, 0.3) is 0 Å². The molecular formula is C28H44F2N2O5. The van der Waals surface area contributed by atoms with Crippen LogP contribution in [0.1, 0.15) is 65.7 Å². The van der Waals surface area contributed by atoms with Crippen LogP contribution in [-0.4, -0.2) is 98.3 Å². The van der Waals surface area contributed by atoms with E-state index in [1.54, 1.807) is 7.11 Å². The molecule has 0 unspecified atom stereocenters. The molecule has 9 heteroatoms. The molecule has 4 saturated heterocycles. The van der Waals surface area contributed by atoms with E-state index in [0.29, 0.717) is 39.2 Å². The molecule has 2 spiro atoms. The predicted molar refractivity (Wildman–Crippen MR) is 135 cm³/mol. The van der Waals surface area contributed by atoms with E-state index in [1.165, 1.54) is 5.57 Å². The number of likely N-dealkylation sites (tertiary alicyclic amines) is 2. The second-order valence-corrected chi connectivity index (χ2v) is 12.5. The number of ether oxygens (including phenoxy) is 4. The zero-order valence-electron chi connectivity index (χ0n) is 22.8. The van der Waals surface area contributed by atoms with Gasteiger partial charge in [0.2, 0.25) is 0 Å². The highest BCUT2D eigenvalue weighted by Gasteiger charge is 2.72. The maximum absolute atomic E-state index is 13.2. The Balaban J connectivity index is 1.17. The van der Waals surface area contributed by atoms with Gasteiger partial charge in [0.05, 0.1) is 25.2 Å². The Bertz CT molecular complexity index is 859. The third-order valence-corrected chi connectivity index (χ3v) is 9.88. The first-order valence-electron chi connectivity index (χ1n) is 14.0. The number of allylic oxidation sites excluding steroid dienone is 1. The molecule has 5 rings (SSSR count). The molecule has 5 aliphatic rings. The van der Waals surface area contributed by atoms with Gasteiger partial charge < -0.3 is 23.8 Å². The highest BCUT2D eigenvalue weighted by Crippen LogP contribution is 2.59. The largest absolute Gasteiger partial charge is 0.443 e. The van der Waals surface area contributed by atoms with Crippen molar-refractivity contribution in [3.63, 3.8) is 0 Å². The average molecular weight is 527 g/mol. The van der Waals surface area contributed by atoms with Gasteiger partial charge in [-0.3, -0.25) is 4.90 Å². The Morgan fingerprint density at radius 1 is 1.11 bits per heavy atom. The summed E-state index contributed by atoms with van der Waals surface area (Å²) in [6.45, 7) is 9.65. The van der Waals surface area contributed by atoms with Crippen molar-refractivity contribution in [1.29, 1.82) is 0 Å². The van der Waals surface area contributed by atoms with E-state index in [-0.39, 0.29) is 53.5 Å². The molecule has 0 radical (unpaired) electrons. The molecule has 210 valence electrons. The molecule has 37 heavy (non-hydrogen) atoms. The molecule has 5 fully saturated rings. The van der Waals surface area contributed by atoms with Gasteiger partial charge in [-0.05, 0) is 84.2 Å². The molecule has 0 N–H and O–H groups in total. The van der Waals surface area contributed by atoms with Gasteiger partial charge in [-0.25, -0.2) is 13.6 Å². The number of halogens is 2. The second kappa shape index (κ2) is 10.4. The summed E-state index contributed by atoms with van der Waals surface area (Å²) in [5.41, 5.74) is 0.838. The van der Waals surface area contributed by atoms with Crippen molar-refractivity contribution in [2.24, 2.45) is 11.3 Å². The van der Waals surface area contributed by atoms with E-state index < -0.39 is 6.43 Å². The maximum atomic E-state index is 13.2. The zero-order chi connectivity index (χ0) is 26.4.